The molecule has 2 aromatic heterocycles. The number of imidazole rings is 1. The molecule has 1 aliphatic rings. The summed E-state index contributed by atoms with van der Waals surface area (Å²) in [7, 11) is 1.98. The maximum atomic E-state index is 13.9. The van der Waals surface area contributed by atoms with Crippen molar-refractivity contribution in [1.29, 1.82) is 0 Å². The summed E-state index contributed by atoms with van der Waals surface area (Å²) in [5, 5.41) is 0.989. The van der Waals surface area contributed by atoms with E-state index < -0.39 is 0 Å². The number of nitrogens with zero attached hydrogens (tertiary/aromatic N) is 4. The molecule has 162 valence electrons. The molecular formula is C27H28N4O. The number of pyridine rings is 1. The molecule has 1 amide bonds. The van der Waals surface area contributed by atoms with E-state index in [0.717, 1.165) is 42.4 Å². The second-order valence-electron chi connectivity index (χ2n) is 8.68. The average Bonchev–Trinajstić information content (AvgIpc) is 3.26. The first-order valence-corrected chi connectivity index (χ1v) is 11.4. The van der Waals surface area contributed by atoms with E-state index in [1.807, 2.05) is 53.0 Å². The molecule has 0 unspecified atom stereocenters. The molecule has 0 saturated heterocycles. The fourth-order valence-electron chi connectivity index (χ4n) is 4.95. The highest BCUT2D eigenvalue weighted by Gasteiger charge is 2.31. The van der Waals surface area contributed by atoms with E-state index in [1.54, 1.807) is 12.4 Å². The lowest BCUT2D eigenvalue weighted by molar-refractivity contribution is 0.0598. The van der Waals surface area contributed by atoms with Crippen LogP contribution in [0.1, 0.15) is 53.3 Å². The number of fused-ring (bicyclic) bond motifs is 1. The van der Waals surface area contributed by atoms with E-state index in [0.29, 0.717) is 18.0 Å². The summed E-state index contributed by atoms with van der Waals surface area (Å²) >= 11 is 0. The summed E-state index contributed by atoms with van der Waals surface area (Å²) in [6.07, 6.45) is 9.66. The largest absolute Gasteiger partial charge is 0.337 e. The number of amides is 1. The Morgan fingerprint density at radius 3 is 2.47 bits per heavy atom. The Balaban J connectivity index is 1.43. The minimum absolute atomic E-state index is 0.0421. The van der Waals surface area contributed by atoms with Gasteiger partial charge in [0.15, 0.2) is 0 Å². The van der Waals surface area contributed by atoms with Gasteiger partial charge in [0.25, 0.3) is 5.91 Å². The van der Waals surface area contributed by atoms with Gasteiger partial charge in [0.1, 0.15) is 5.82 Å². The monoisotopic (exact) mass is 424 g/mol. The van der Waals surface area contributed by atoms with Crippen molar-refractivity contribution < 1.29 is 4.79 Å². The van der Waals surface area contributed by atoms with Crippen LogP contribution in [0.25, 0.3) is 10.9 Å². The van der Waals surface area contributed by atoms with Gasteiger partial charge in [0.2, 0.25) is 0 Å². The van der Waals surface area contributed by atoms with Crippen LogP contribution < -0.4 is 0 Å². The molecule has 1 saturated carbocycles. The molecule has 0 bridgehead atoms. The van der Waals surface area contributed by atoms with Crippen molar-refractivity contribution in [2.75, 3.05) is 0 Å². The Hall–Kier alpha value is -3.47. The number of aromatic nitrogens is 3. The maximum absolute atomic E-state index is 13.9. The van der Waals surface area contributed by atoms with Crippen LogP contribution >= 0.6 is 0 Å². The smallest absolute Gasteiger partial charge is 0.256 e. The number of carbonyl (C=O) groups is 1. The van der Waals surface area contributed by atoms with Gasteiger partial charge < -0.3 is 9.47 Å². The number of rotatable bonds is 5. The van der Waals surface area contributed by atoms with Crippen LogP contribution in [0.4, 0.5) is 0 Å². The van der Waals surface area contributed by atoms with Crippen LogP contribution in [0, 0.1) is 0 Å². The number of hydrogen-bond acceptors (Lipinski definition) is 3. The topological polar surface area (TPSA) is 51.0 Å². The first-order chi connectivity index (χ1) is 15.7. The van der Waals surface area contributed by atoms with Crippen molar-refractivity contribution in [1.82, 2.24) is 19.4 Å². The molecule has 32 heavy (non-hydrogen) atoms. The SMILES string of the molecule is Cn1ccnc1CN(C(=O)c1cccc2cccnc12)C1CCC(c2ccccc2)CC1. The van der Waals surface area contributed by atoms with Gasteiger partial charge >= 0.3 is 0 Å². The highest BCUT2D eigenvalue weighted by Crippen LogP contribution is 2.36. The van der Waals surface area contributed by atoms with Gasteiger partial charge in [-0.15, -0.1) is 0 Å². The maximum Gasteiger partial charge on any atom is 0.256 e. The third-order valence-corrected chi connectivity index (χ3v) is 6.77. The van der Waals surface area contributed by atoms with E-state index in [-0.39, 0.29) is 11.9 Å². The highest BCUT2D eigenvalue weighted by atomic mass is 16.2. The van der Waals surface area contributed by atoms with Crippen molar-refractivity contribution in [3.63, 3.8) is 0 Å². The van der Waals surface area contributed by atoms with Gasteiger partial charge in [0, 0.05) is 37.1 Å². The van der Waals surface area contributed by atoms with Gasteiger partial charge in [-0.05, 0) is 49.3 Å². The van der Waals surface area contributed by atoms with Crippen LogP contribution in [-0.2, 0) is 13.6 Å². The average molecular weight is 425 g/mol. The summed E-state index contributed by atoms with van der Waals surface area (Å²) in [6.45, 7) is 0.506. The number of benzene rings is 2. The fourth-order valence-corrected chi connectivity index (χ4v) is 4.95. The Morgan fingerprint density at radius 1 is 0.938 bits per heavy atom. The first kappa shape index (κ1) is 20.4. The lowest BCUT2D eigenvalue weighted by Crippen LogP contribution is -2.42. The number of carbonyl (C=O) groups excluding carboxylic acids is 1. The standard InChI is InChI=1S/C27H28N4O/c1-30-18-17-28-25(30)19-31(23-14-12-21(13-15-23)20-7-3-2-4-8-20)27(32)24-11-5-9-22-10-6-16-29-26(22)24/h2-11,16-18,21,23H,12-15,19H2,1H3. The number of hydrogen-bond donors (Lipinski definition) is 0. The normalized spacial score (nSPS) is 18.5. The van der Waals surface area contributed by atoms with Gasteiger partial charge in [-0.3, -0.25) is 9.78 Å². The minimum Gasteiger partial charge on any atom is -0.337 e. The van der Waals surface area contributed by atoms with Crippen molar-refractivity contribution in [3.05, 3.63) is 96.2 Å². The van der Waals surface area contributed by atoms with Crippen molar-refractivity contribution in [3.8, 4) is 0 Å². The third-order valence-electron chi connectivity index (χ3n) is 6.77. The van der Waals surface area contributed by atoms with Crippen LogP contribution in [0.5, 0.6) is 0 Å². The Morgan fingerprint density at radius 2 is 1.72 bits per heavy atom. The summed E-state index contributed by atoms with van der Waals surface area (Å²) in [5.41, 5.74) is 2.84. The molecule has 1 aliphatic carbocycles. The Labute approximate surface area is 188 Å². The zero-order valence-electron chi connectivity index (χ0n) is 18.4. The number of aryl methyl sites for hydroxylation is 1. The molecule has 0 radical (unpaired) electrons. The predicted molar refractivity (Wildman–Crippen MR) is 126 cm³/mol. The number of para-hydroxylation sites is 1. The van der Waals surface area contributed by atoms with E-state index in [1.165, 1.54) is 5.56 Å². The van der Waals surface area contributed by atoms with Gasteiger partial charge in [0.05, 0.1) is 17.6 Å². The Bertz CT molecular complexity index is 1200. The van der Waals surface area contributed by atoms with Gasteiger partial charge in [-0.25, -0.2) is 4.98 Å². The summed E-state index contributed by atoms with van der Waals surface area (Å²) < 4.78 is 2.00. The molecule has 4 aromatic rings. The quantitative estimate of drug-likeness (QED) is 0.435. The molecule has 0 aliphatic heterocycles. The lowest BCUT2D eigenvalue weighted by atomic mass is 9.81. The molecule has 0 atom stereocenters. The van der Waals surface area contributed by atoms with Gasteiger partial charge in [-0.2, -0.15) is 0 Å². The van der Waals surface area contributed by atoms with Crippen LogP contribution in [0.15, 0.2) is 79.3 Å². The molecule has 5 heteroatoms. The van der Waals surface area contributed by atoms with E-state index >= 15 is 0 Å². The molecule has 0 N–H and O–H groups in total. The second kappa shape index (κ2) is 8.95. The van der Waals surface area contributed by atoms with Crippen LogP contribution in [-0.4, -0.2) is 31.4 Å². The van der Waals surface area contributed by atoms with E-state index in [9.17, 15) is 4.79 Å². The molecule has 2 heterocycles. The molecule has 5 rings (SSSR count). The molecule has 5 nitrogen and oxygen atoms in total. The Kier molecular flexibility index (Phi) is 5.71. The molecular weight excluding hydrogens is 396 g/mol. The minimum atomic E-state index is 0.0421. The summed E-state index contributed by atoms with van der Waals surface area (Å²) in [6, 6.07) is 20.7. The van der Waals surface area contributed by atoms with Crippen molar-refractivity contribution >= 4 is 16.8 Å². The van der Waals surface area contributed by atoms with E-state index in [2.05, 4.69) is 40.3 Å². The van der Waals surface area contributed by atoms with Crippen molar-refractivity contribution in [2.24, 2.45) is 7.05 Å². The molecule has 0 spiro atoms. The zero-order chi connectivity index (χ0) is 21.9. The molecule has 2 aromatic carbocycles. The first-order valence-electron chi connectivity index (χ1n) is 11.4. The second-order valence-corrected chi connectivity index (χ2v) is 8.68. The van der Waals surface area contributed by atoms with Crippen LogP contribution in [0.3, 0.4) is 0 Å². The third kappa shape index (κ3) is 4.03. The van der Waals surface area contributed by atoms with E-state index in [4.69, 9.17) is 0 Å². The zero-order valence-corrected chi connectivity index (χ0v) is 18.4. The van der Waals surface area contributed by atoms with Crippen molar-refractivity contribution in [2.45, 2.75) is 44.2 Å². The summed E-state index contributed by atoms with van der Waals surface area (Å²) in [4.78, 5) is 25.0. The highest BCUT2D eigenvalue weighted by molar-refractivity contribution is 6.05. The van der Waals surface area contributed by atoms with Crippen LogP contribution in [0.2, 0.25) is 0 Å². The predicted octanol–water partition coefficient (Wildman–Crippen LogP) is 5.34. The molecule has 1 fully saturated rings. The van der Waals surface area contributed by atoms with Gasteiger partial charge in [-0.1, -0.05) is 48.5 Å². The fraction of sp³-hybridized carbons (Fsp3) is 0.296. The lowest BCUT2D eigenvalue weighted by Gasteiger charge is -2.37. The summed E-state index contributed by atoms with van der Waals surface area (Å²) in [5.74, 6) is 1.51.